The number of nitro benzene ring substituents is 1. The number of carbonyl (C=O) groups is 1. The topological polar surface area (TPSA) is 92.5 Å². The van der Waals surface area contributed by atoms with Crippen molar-refractivity contribution in [2.75, 3.05) is 5.32 Å². The molecule has 0 aliphatic carbocycles. The van der Waals surface area contributed by atoms with E-state index in [9.17, 15) is 28.1 Å². The molecule has 0 saturated carbocycles. The molecule has 0 aliphatic heterocycles. The predicted octanol–water partition coefficient (Wildman–Crippen LogP) is 1.85. The summed E-state index contributed by atoms with van der Waals surface area (Å²) in [7, 11) is 0. The summed E-state index contributed by atoms with van der Waals surface area (Å²) in [5.74, 6) is -1.72. The van der Waals surface area contributed by atoms with Gasteiger partial charge in [0.15, 0.2) is 0 Å². The smallest absolute Gasteiger partial charge is 0.373 e. The molecule has 2 N–H and O–H groups in total. The molecule has 0 fully saturated rings. The van der Waals surface area contributed by atoms with E-state index in [0.717, 1.165) is 18.2 Å². The van der Waals surface area contributed by atoms with Crippen LogP contribution in [0.15, 0.2) is 24.3 Å². The molecular formula is C10H9F3N2O4. The molecule has 1 aromatic rings. The van der Waals surface area contributed by atoms with Crippen LogP contribution in [0.25, 0.3) is 0 Å². The van der Waals surface area contributed by atoms with Gasteiger partial charge in [-0.25, -0.2) is 0 Å². The van der Waals surface area contributed by atoms with Crippen LogP contribution in [0.3, 0.4) is 0 Å². The van der Waals surface area contributed by atoms with Gasteiger partial charge in [0.2, 0.25) is 5.60 Å². The molecule has 0 bridgehead atoms. The van der Waals surface area contributed by atoms with E-state index >= 15 is 0 Å². The number of anilines is 1. The first-order chi connectivity index (χ1) is 8.55. The molecule has 1 amide bonds. The number of halogens is 3. The first-order valence-corrected chi connectivity index (χ1v) is 4.90. The van der Waals surface area contributed by atoms with Crippen LogP contribution in [-0.2, 0) is 4.79 Å². The number of alkyl halides is 3. The van der Waals surface area contributed by atoms with Crippen molar-refractivity contribution in [2.45, 2.75) is 18.7 Å². The molecule has 0 spiro atoms. The van der Waals surface area contributed by atoms with Gasteiger partial charge in [-0.15, -0.1) is 0 Å². The SMILES string of the molecule is C[C@@](O)(C(=O)Nc1cccc([N+](=O)[O-])c1)C(F)(F)F. The summed E-state index contributed by atoms with van der Waals surface area (Å²) in [5.41, 5.74) is -4.20. The van der Waals surface area contributed by atoms with Crippen LogP contribution in [0.5, 0.6) is 0 Å². The molecular weight excluding hydrogens is 269 g/mol. The number of amides is 1. The quantitative estimate of drug-likeness (QED) is 0.651. The number of aliphatic hydroxyl groups is 1. The second-order valence-corrected chi connectivity index (χ2v) is 3.83. The third kappa shape index (κ3) is 3.19. The molecule has 0 unspecified atom stereocenters. The summed E-state index contributed by atoms with van der Waals surface area (Å²) in [6, 6.07) is 4.34. The lowest BCUT2D eigenvalue weighted by atomic mass is 10.1. The molecule has 6 nitrogen and oxygen atoms in total. The third-order valence-electron chi connectivity index (χ3n) is 2.31. The van der Waals surface area contributed by atoms with Gasteiger partial charge in [0.25, 0.3) is 11.6 Å². The Morgan fingerprint density at radius 2 is 2.00 bits per heavy atom. The highest BCUT2D eigenvalue weighted by atomic mass is 19.4. The van der Waals surface area contributed by atoms with Crippen molar-refractivity contribution in [3.8, 4) is 0 Å². The first kappa shape index (κ1) is 14.9. The first-order valence-electron chi connectivity index (χ1n) is 4.90. The van der Waals surface area contributed by atoms with Gasteiger partial charge in [0, 0.05) is 17.8 Å². The molecule has 0 aromatic heterocycles. The number of nitrogens with one attached hydrogen (secondary N) is 1. The lowest BCUT2D eigenvalue weighted by molar-refractivity contribution is -0.384. The molecule has 0 aliphatic rings. The van der Waals surface area contributed by atoms with E-state index in [1.807, 2.05) is 0 Å². The van der Waals surface area contributed by atoms with Crippen molar-refractivity contribution in [3.05, 3.63) is 34.4 Å². The van der Waals surface area contributed by atoms with E-state index in [1.165, 1.54) is 6.07 Å². The fraction of sp³-hybridized carbons (Fsp3) is 0.300. The number of carbonyl (C=O) groups excluding carboxylic acids is 1. The average Bonchev–Trinajstić information content (AvgIpc) is 2.27. The number of rotatable bonds is 3. The molecule has 1 aromatic carbocycles. The standard InChI is InChI=1S/C10H9F3N2O4/c1-9(17,10(11,12)13)8(16)14-6-3-2-4-7(5-6)15(18)19/h2-5,17H,1H3,(H,14,16)/t9-/m1/s1. The number of non-ortho nitro benzene ring substituents is 1. The zero-order valence-corrected chi connectivity index (χ0v) is 9.56. The maximum atomic E-state index is 12.4. The van der Waals surface area contributed by atoms with Crippen LogP contribution in [0, 0.1) is 10.1 Å². The van der Waals surface area contributed by atoms with Crippen LogP contribution in [0.4, 0.5) is 24.5 Å². The summed E-state index contributed by atoms with van der Waals surface area (Å²) in [5, 5.41) is 21.3. The van der Waals surface area contributed by atoms with Crippen molar-refractivity contribution >= 4 is 17.3 Å². The van der Waals surface area contributed by atoms with Crippen molar-refractivity contribution < 1.29 is 28.0 Å². The number of hydrogen-bond donors (Lipinski definition) is 2. The largest absolute Gasteiger partial charge is 0.426 e. The average molecular weight is 278 g/mol. The minimum absolute atomic E-state index is 0.219. The van der Waals surface area contributed by atoms with Gasteiger partial charge in [-0.1, -0.05) is 6.07 Å². The molecule has 1 rings (SSSR count). The van der Waals surface area contributed by atoms with Crippen LogP contribution < -0.4 is 5.32 Å². The van der Waals surface area contributed by atoms with E-state index in [-0.39, 0.29) is 5.69 Å². The summed E-state index contributed by atoms with van der Waals surface area (Å²) >= 11 is 0. The zero-order chi connectivity index (χ0) is 14.8. The number of benzene rings is 1. The minimum Gasteiger partial charge on any atom is -0.373 e. The Bertz CT molecular complexity index is 514. The highest BCUT2D eigenvalue weighted by Gasteiger charge is 2.55. The maximum Gasteiger partial charge on any atom is 0.426 e. The Labute approximate surface area is 105 Å². The Hall–Kier alpha value is -2.16. The number of nitro groups is 1. The van der Waals surface area contributed by atoms with E-state index < -0.39 is 28.3 Å². The van der Waals surface area contributed by atoms with Crippen LogP contribution >= 0.6 is 0 Å². The summed E-state index contributed by atoms with van der Waals surface area (Å²) in [6.45, 7) is 0.291. The molecule has 19 heavy (non-hydrogen) atoms. The fourth-order valence-corrected chi connectivity index (χ4v) is 1.08. The van der Waals surface area contributed by atoms with Gasteiger partial charge in [-0.05, 0) is 13.0 Å². The monoisotopic (exact) mass is 278 g/mol. The van der Waals surface area contributed by atoms with Gasteiger partial charge in [0.05, 0.1) is 4.92 Å². The number of nitrogens with zero attached hydrogens (tertiary/aromatic N) is 1. The second kappa shape index (κ2) is 4.84. The van der Waals surface area contributed by atoms with Crippen molar-refractivity contribution in [1.29, 1.82) is 0 Å². The summed E-state index contributed by atoms with van der Waals surface area (Å²) in [4.78, 5) is 21.0. The van der Waals surface area contributed by atoms with Crippen molar-refractivity contribution in [1.82, 2.24) is 0 Å². The van der Waals surface area contributed by atoms with Crippen LogP contribution in [0.1, 0.15) is 6.92 Å². The van der Waals surface area contributed by atoms with Crippen LogP contribution in [-0.4, -0.2) is 27.7 Å². The normalized spacial score (nSPS) is 14.6. The van der Waals surface area contributed by atoms with Crippen molar-refractivity contribution in [2.24, 2.45) is 0 Å². The Morgan fingerprint density at radius 3 is 2.47 bits per heavy atom. The van der Waals surface area contributed by atoms with Gasteiger partial charge in [0.1, 0.15) is 0 Å². The van der Waals surface area contributed by atoms with E-state index in [4.69, 9.17) is 5.11 Å². The third-order valence-corrected chi connectivity index (χ3v) is 2.31. The summed E-state index contributed by atoms with van der Waals surface area (Å²) in [6.07, 6.45) is -5.15. The number of hydrogen-bond acceptors (Lipinski definition) is 4. The maximum absolute atomic E-state index is 12.4. The van der Waals surface area contributed by atoms with Crippen LogP contribution in [0.2, 0.25) is 0 Å². The summed E-state index contributed by atoms with van der Waals surface area (Å²) < 4.78 is 37.1. The molecule has 1 atom stereocenters. The van der Waals surface area contributed by atoms with Gasteiger partial charge < -0.3 is 10.4 Å². The van der Waals surface area contributed by atoms with Gasteiger partial charge >= 0.3 is 6.18 Å². The van der Waals surface area contributed by atoms with Gasteiger partial charge in [-0.2, -0.15) is 13.2 Å². The lowest BCUT2D eigenvalue weighted by Gasteiger charge is -2.24. The lowest BCUT2D eigenvalue weighted by Crippen LogP contribution is -2.52. The van der Waals surface area contributed by atoms with Crippen molar-refractivity contribution in [3.63, 3.8) is 0 Å². The highest BCUT2D eigenvalue weighted by Crippen LogP contribution is 2.31. The Balaban J connectivity index is 2.95. The van der Waals surface area contributed by atoms with E-state index in [2.05, 4.69) is 0 Å². The molecule has 9 heteroatoms. The van der Waals surface area contributed by atoms with Gasteiger partial charge in [-0.3, -0.25) is 14.9 Å². The molecule has 0 saturated heterocycles. The van der Waals surface area contributed by atoms with E-state index in [0.29, 0.717) is 6.92 Å². The van der Waals surface area contributed by atoms with E-state index in [1.54, 1.807) is 5.32 Å². The molecule has 0 radical (unpaired) electrons. The second-order valence-electron chi connectivity index (χ2n) is 3.83. The Kier molecular flexibility index (Phi) is 3.80. The zero-order valence-electron chi connectivity index (χ0n) is 9.56. The predicted molar refractivity (Wildman–Crippen MR) is 58.4 cm³/mol. The molecule has 104 valence electrons. The molecule has 0 heterocycles. The minimum atomic E-state index is -5.15. The highest BCUT2D eigenvalue weighted by molar-refractivity contribution is 5.97. The Morgan fingerprint density at radius 1 is 1.42 bits per heavy atom. The fourth-order valence-electron chi connectivity index (χ4n) is 1.08.